The minimum atomic E-state index is -0.756. The molecule has 128 valence electrons. The van der Waals surface area contributed by atoms with E-state index in [0.29, 0.717) is 0 Å². The molecule has 1 fully saturated rings. The Kier molecular flexibility index (Phi) is 5.76. The van der Waals surface area contributed by atoms with Gasteiger partial charge in [-0.05, 0) is 31.6 Å². The van der Waals surface area contributed by atoms with Gasteiger partial charge in [-0.2, -0.15) is 0 Å². The molecule has 1 saturated carbocycles. The summed E-state index contributed by atoms with van der Waals surface area (Å²) in [5.74, 6) is -1.42. The molecule has 1 aromatic rings. The Labute approximate surface area is 134 Å². The number of rotatable bonds is 4. The van der Waals surface area contributed by atoms with E-state index < -0.39 is 17.7 Å². The van der Waals surface area contributed by atoms with Crippen molar-refractivity contribution in [2.24, 2.45) is 5.92 Å². The molecule has 0 aliphatic heterocycles. The van der Waals surface area contributed by atoms with Crippen LogP contribution in [0.15, 0.2) is 12.1 Å². The summed E-state index contributed by atoms with van der Waals surface area (Å²) in [7, 11) is 2.88. The van der Waals surface area contributed by atoms with Crippen molar-refractivity contribution in [2.45, 2.75) is 31.7 Å². The van der Waals surface area contributed by atoms with E-state index in [9.17, 15) is 13.6 Å². The molecule has 5 nitrogen and oxygen atoms in total. The summed E-state index contributed by atoms with van der Waals surface area (Å²) >= 11 is 0. The van der Waals surface area contributed by atoms with E-state index >= 15 is 0 Å². The monoisotopic (exact) mass is 328 g/mol. The lowest BCUT2D eigenvalue weighted by Gasteiger charge is -2.34. The van der Waals surface area contributed by atoms with E-state index in [1.807, 2.05) is 0 Å². The number of anilines is 1. The number of aliphatic hydroxyl groups excluding tert-OH is 1. The molecule has 23 heavy (non-hydrogen) atoms. The summed E-state index contributed by atoms with van der Waals surface area (Å²) < 4.78 is 32.2. The molecular weight excluding hydrogens is 306 g/mol. The van der Waals surface area contributed by atoms with Crippen LogP contribution in [0.1, 0.15) is 25.7 Å². The van der Waals surface area contributed by atoms with Crippen molar-refractivity contribution >= 4 is 11.7 Å². The third-order valence-electron chi connectivity index (χ3n) is 4.43. The second kappa shape index (κ2) is 7.59. The van der Waals surface area contributed by atoms with Crippen LogP contribution in [0.3, 0.4) is 0 Å². The number of carbonyl (C=O) groups is 1. The van der Waals surface area contributed by atoms with Crippen molar-refractivity contribution in [3.63, 3.8) is 0 Å². The molecular formula is C16H22F2N2O3. The quantitative estimate of drug-likeness (QED) is 0.893. The Hall–Kier alpha value is -1.89. The standard InChI is InChI=1S/C16H22F2N2O3/c1-20(11-5-3-10(9-21)4-6-11)16(22)19-14-7-13(18)15(23-2)8-12(14)17/h7-8,10-11,21H,3-6,9H2,1-2H3,(H,19,22). The number of aliphatic hydroxyl groups is 1. The number of urea groups is 1. The van der Waals surface area contributed by atoms with Gasteiger partial charge in [0.1, 0.15) is 0 Å². The van der Waals surface area contributed by atoms with Crippen molar-refractivity contribution in [1.29, 1.82) is 0 Å². The van der Waals surface area contributed by atoms with Gasteiger partial charge in [0.2, 0.25) is 0 Å². The van der Waals surface area contributed by atoms with E-state index in [1.54, 1.807) is 7.05 Å². The van der Waals surface area contributed by atoms with Gasteiger partial charge in [0, 0.05) is 31.8 Å². The molecule has 2 N–H and O–H groups in total. The summed E-state index contributed by atoms with van der Waals surface area (Å²) in [5.41, 5.74) is -0.218. The number of hydrogen-bond donors (Lipinski definition) is 2. The summed E-state index contributed by atoms with van der Waals surface area (Å²) in [4.78, 5) is 13.7. The molecule has 0 spiro atoms. The predicted molar refractivity (Wildman–Crippen MR) is 82.5 cm³/mol. The van der Waals surface area contributed by atoms with Crippen LogP contribution in [0.4, 0.5) is 19.3 Å². The number of halogens is 2. The summed E-state index contributed by atoms with van der Waals surface area (Å²) in [5, 5.41) is 11.5. The number of nitrogens with one attached hydrogen (secondary N) is 1. The molecule has 0 aromatic heterocycles. The van der Waals surface area contributed by atoms with Gasteiger partial charge in [0.15, 0.2) is 17.4 Å². The van der Waals surface area contributed by atoms with Crippen LogP contribution in [-0.2, 0) is 0 Å². The Morgan fingerprint density at radius 3 is 2.52 bits per heavy atom. The Morgan fingerprint density at radius 1 is 1.30 bits per heavy atom. The first-order valence-corrected chi connectivity index (χ1v) is 7.64. The fourth-order valence-electron chi connectivity index (χ4n) is 2.86. The lowest BCUT2D eigenvalue weighted by atomic mass is 9.86. The zero-order valence-corrected chi connectivity index (χ0v) is 13.3. The number of carbonyl (C=O) groups excluding carboxylic acids is 1. The Morgan fingerprint density at radius 2 is 1.96 bits per heavy atom. The van der Waals surface area contributed by atoms with Crippen LogP contribution in [0.25, 0.3) is 0 Å². The normalized spacial score (nSPS) is 20.9. The molecule has 2 amide bonds. The number of ether oxygens (including phenoxy) is 1. The van der Waals surface area contributed by atoms with Crippen molar-refractivity contribution in [1.82, 2.24) is 4.90 Å². The lowest BCUT2D eigenvalue weighted by Crippen LogP contribution is -2.42. The zero-order valence-electron chi connectivity index (χ0n) is 13.3. The fourth-order valence-corrected chi connectivity index (χ4v) is 2.86. The summed E-state index contributed by atoms with van der Waals surface area (Å²) in [6, 6.07) is 1.35. The number of hydrogen-bond acceptors (Lipinski definition) is 3. The number of methoxy groups -OCH3 is 1. The molecule has 7 heteroatoms. The van der Waals surface area contributed by atoms with Gasteiger partial charge < -0.3 is 20.1 Å². The van der Waals surface area contributed by atoms with Gasteiger partial charge >= 0.3 is 6.03 Å². The third-order valence-corrected chi connectivity index (χ3v) is 4.43. The van der Waals surface area contributed by atoms with E-state index in [0.717, 1.165) is 37.8 Å². The molecule has 0 unspecified atom stereocenters. The second-order valence-corrected chi connectivity index (χ2v) is 5.86. The molecule has 0 saturated heterocycles. The average molecular weight is 328 g/mol. The average Bonchev–Trinajstić information content (AvgIpc) is 2.57. The highest BCUT2D eigenvalue weighted by atomic mass is 19.1. The maximum atomic E-state index is 13.9. The van der Waals surface area contributed by atoms with E-state index in [4.69, 9.17) is 9.84 Å². The molecule has 0 radical (unpaired) electrons. The van der Waals surface area contributed by atoms with E-state index in [-0.39, 0.29) is 30.0 Å². The van der Waals surface area contributed by atoms with Crippen LogP contribution >= 0.6 is 0 Å². The lowest BCUT2D eigenvalue weighted by molar-refractivity contribution is 0.139. The van der Waals surface area contributed by atoms with Crippen molar-refractivity contribution in [2.75, 3.05) is 26.1 Å². The second-order valence-electron chi connectivity index (χ2n) is 5.86. The van der Waals surface area contributed by atoms with Crippen LogP contribution in [0, 0.1) is 17.6 Å². The maximum Gasteiger partial charge on any atom is 0.321 e. The Bertz CT molecular complexity index is 561. The molecule has 1 aliphatic carbocycles. The Balaban J connectivity index is 2.00. The number of benzene rings is 1. The largest absolute Gasteiger partial charge is 0.494 e. The van der Waals surface area contributed by atoms with Crippen LogP contribution < -0.4 is 10.1 Å². The highest BCUT2D eigenvalue weighted by Gasteiger charge is 2.26. The molecule has 1 aromatic carbocycles. The van der Waals surface area contributed by atoms with Gasteiger partial charge in [-0.25, -0.2) is 13.6 Å². The molecule has 2 rings (SSSR count). The van der Waals surface area contributed by atoms with Gasteiger partial charge in [-0.1, -0.05) is 0 Å². The van der Waals surface area contributed by atoms with Crippen molar-refractivity contribution in [3.05, 3.63) is 23.8 Å². The molecule has 0 bridgehead atoms. The minimum Gasteiger partial charge on any atom is -0.494 e. The van der Waals surface area contributed by atoms with Crippen LogP contribution in [0.5, 0.6) is 5.75 Å². The van der Waals surface area contributed by atoms with Gasteiger partial charge in [-0.3, -0.25) is 0 Å². The van der Waals surface area contributed by atoms with Crippen molar-refractivity contribution in [3.8, 4) is 5.75 Å². The summed E-state index contributed by atoms with van der Waals surface area (Å²) in [6.07, 6.45) is 3.28. The van der Waals surface area contributed by atoms with E-state index in [1.165, 1.54) is 12.0 Å². The van der Waals surface area contributed by atoms with Crippen molar-refractivity contribution < 1.29 is 23.4 Å². The SMILES string of the molecule is COc1cc(F)c(NC(=O)N(C)C2CCC(CO)CC2)cc1F. The first kappa shape index (κ1) is 17.5. The van der Waals surface area contributed by atoms with Gasteiger partial charge in [0.25, 0.3) is 0 Å². The first-order chi connectivity index (χ1) is 11.0. The highest BCUT2D eigenvalue weighted by Crippen LogP contribution is 2.28. The third kappa shape index (κ3) is 4.10. The maximum absolute atomic E-state index is 13.9. The highest BCUT2D eigenvalue weighted by molar-refractivity contribution is 5.89. The van der Waals surface area contributed by atoms with Crippen LogP contribution in [0.2, 0.25) is 0 Å². The van der Waals surface area contributed by atoms with E-state index in [2.05, 4.69) is 5.32 Å². The smallest absolute Gasteiger partial charge is 0.321 e. The van der Waals surface area contributed by atoms with Gasteiger partial charge in [-0.15, -0.1) is 0 Å². The van der Waals surface area contributed by atoms with Crippen LogP contribution in [-0.4, -0.2) is 42.8 Å². The number of nitrogens with zero attached hydrogens (tertiary/aromatic N) is 1. The number of amides is 2. The zero-order chi connectivity index (χ0) is 17.0. The summed E-state index contributed by atoms with van der Waals surface area (Å²) in [6.45, 7) is 0.166. The fraction of sp³-hybridized carbons (Fsp3) is 0.562. The first-order valence-electron chi connectivity index (χ1n) is 7.64. The predicted octanol–water partition coefficient (Wildman–Crippen LogP) is 2.99. The molecule has 1 aliphatic rings. The topological polar surface area (TPSA) is 61.8 Å². The van der Waals surface area contributed by atoms with Gasteiger partial charge in [0.05, 0.1) is 12.8 Å². The molecule has 0 heterocycles. The minimum absolute atomic E-state index is 0.0314. The molecule has 0 atom stereocenters.